The van der Waals surface area contributed by atoms with Gasteiger partial charge >= 0.3 is 6.03 Å². The molecule has 3 amide bonds. The van der Waals surface area contributed by atoms with E-state index in [1.54, 1.807) is 0 Å². The van der Waals surface area contributed by atoms with Gasteiger partial charge in [-0.3, -0.25) is 4.79 Å². The van der Waals surface area contributed by atoms with E-state index >= 15 is 0 Å². The fourth-order valence-corrected chi connectivity index (χ4v) is 3.94. The third-order valence-corrected chi connectivity index (χ3v) is 5.15. The maximum Gasteiger partial charge on any atom is 0.317 e. The number of hydrogen-bond acceptors (Lipinski definition) is 3. The molecule has 0 aromatic carbocycles. The lowest BCUT2D eigenvalue weighted by Crippen LogP contribution is -2.58. The van der Waals surface area contributed by atoms with Gasteiger partial charge in [0.25, 0.3) is 0 Å². The predicted octanol–water partition coefficient (Wildman–Crippen LogP) is 2.17. The van der Waals surface area contributed by atoms with Crippen molar-refractivity contribution in [2.45, 2.75) is 45.6 Å². The summed E-state index contributed by atoms with van der Waals surface area (Å²) in [4.78, 5) is 28.4. The third-order valence-electron chi connectivity index (χ3n) is 5.15. The molecule has 2 atom stereocenters. The first-order valence-corrected chi connectivity index (χ1v) is 8.96. The zero-order chi connectivity index (χ0) is 17.1. The molecule has 0 spiro atoms. The van der Waals surface area contributed by atoms with Gasteiger partial charge in [-0.25, -0.2) is 4.79 Å². The van der Waals surface area contributed by atoms with E-state index in [-0.39, 0.29) is 18.0 Å². The van der Waals surface area contributed by atoms with E-state index in [4.69, 9.17) is 4.42 Å². The van der Waals surface area contributed by atoms with Crippen molar-refractivity contribution in [2.75, 3.05) is 26.2 Å². The Morgan fingerprint density at radius 1 is 1.38 bits per heavy atom. The largest absolute Gasteiger partial charge is 0.466 e. The number of urea groups is 1. The summed E-state index contributed by atoms with van der Waals surface area (Å²) < 4.78 is 5.62. The van der Waals surface area contributed by atoms with Crippen LogP contribution in [0.15, 0.2) is 16.5 Å². The maximum atomic E-state index is 12.4. The molecule has 0 radical (unpaired) electrons. The Morgan fingerprint density at radius 2 is 2.21 bits per heavy atom. The summed E-state index contributed by atoms with van der Waals surface area (Å²) in [6.45, 7) is 6.69. The lowest BCUT2D eigenvalue weighted by atomic mass is 9.83. The van der Waals surface area contributed by atoms with Gasteiger partial charge in [-0.15, -0.1) is 0 Å². The number of fused-ring (bicyclic) bond motifs is 1. The molecule has 2 saturated heterocycles. The number of likely N-dealkylation sites (tertiary alicyclic amines) is 2. The highest BCUT2D eigenvalue weighted by atomic mass is 16.3. The summed E-state index contributed by atoms with van der Waals surface area (Å²) in [5.41, 5.74) is 0. The number of aryl methyl sites for hydroxylation is 1. The van der Waals surface area contributed by atoms with Gasteiger partial charge in [0.1, 0.15) is 11.5 Å². The van der Waals surface area contributed by atoms with E-state index in [9.17, 15) is 9.59 Å². The van der Waals surface area contributed by atoms with Crippen LogP contribution in [0.25, 0.3) is 0 Å². The average Bonchev–Trinajstić information content (AvgIpc) is 2.99. The molecule has 1 aromatic rings. The van der Waals surface area contributed by atoms with Crippen LogP contribution in [0.5, 0.6) is 0 Å². The van der Waals surface area contributed by atoms with Gasteiger partial charge < -0.3 is 19.5 Å². The van der Waals surface area contributed by atoms with Crippen molar-refractivity contribution < 1.29 is 14.0 Å². The number of nitrogens with one attached hydrogen (secondary N) is 1. The predicted molar refractivity (Wildman–Crippen MR) is 90.6 cm³/mol. The van der Waals surface area contributed by atoms with Crippen LogP contribution in [0.3, 0.4) is 0 Å². The van der Waals surface area contributed by atoms with Crippen LogP contribution in [0.4, 0.5) is 4.79 Å². The summed E-state index contributed by atoms with van der Waals surface area (Å²) in [6.07, 6.45) is 3.09. The van der Waals surface area contributed by atoms with Gasteiger partial charge in [0.05, 0.1) is 0 Å². The minimum atomic E-state index is 0.0189. The highest BCUT2D eigenvalue weighted by Crippen LogP contribution is 2.31. The second-order valence-corrected chi connectivity index (χ2v) is 6.79. The minimum Gasteiger partial charge on any atom is -0.466 e. The SMILES string of the molecule is CCNC(=O)N1CC[C@@H]2[C@@H](CCC(=O)N2CCc2ccc(C)o2)C1. The normalized spacial score (nSPS) is 24.0. The van der Waals surface area contributed by atoms with Gasteiger partial charge in [-0.05, 0) is 44.7 Å². The maximum absolute atomic E-state index is 12.4. The number of carbonyl (C=O) groups excluding carboxylic acids is 2. The van der Waals surface area contributed by atoms with E-state index in [0.29, 0.717) is 25.4 Å². The summed E-state index contributed by atoms with van der Waals surface area (Å²) >= 11 is 0. The molecule has 1 N–H and O–H groups in total. The van der Waals surface area contributed by atoms with Gasteiger partial charge in [0.15, 0.2) is 0 Å². The molecule has 24 heavy (non-hydrogen) atoms. The lowest BCUT2D eigenvalue weighted by Gasteiger charge is -2.47. The fourth-order valence-electron chi connectivity index (χ4n) is 3.94. The number of hydrogen-bond donors (Lipinski definition) is 1. The molecule has 0 saturated carbocycles. The smallest absolute Gasteiger partial charge is 0.317 e. The molecule has 0 bridgehead atoms. The monoisotopic (exact) mass is 333 g/mol. The molecule has 3 heterocycles. The third kappa shape index (κ3) is 3.57. The number of rotatable bonds is 4. The highest BCUT2D eigenvalue weighted by Gasteiger charge is 2.40. The Morgan fingerprint density at radius 3 is 2.92 bits per heavy atom. The summed E-state index contributed by atoms with van der Waals surface area (Å²) in [5, 5.41) is 2.87. The van der Waals surface area contributed by atoms with Crippen molar-refractivity contribution in [3.8, 4) is 0 Å². The molecule has 6 heteroatoms. The van der Waals surface area contributed by atoms with Crippen molar-refractivity contribution in [2.24, 2.45) is 5.92 Å². The molecule has 0 aliphatic carbocycles. The average molecular weight is 333 g/mol. The summed E-state index contributed by atoms with van der Waals surface area (Å²) in [6, 6.07) is 4.22. The van der Waals surface area contributed by atoms with Crippen LogP contribution in [0.2, 0.25) is 0 Å². The first-order chi connectivity index (χ1) is 11.6. The summed E-state index contributed by atoms with van der Waals surface area (Å²) in [5.74, 6) is 2.47. The highest BCUT2D eigenvalue weighted by molar-refractivity contribution is 5.78. The molecule has 0 unspecified atom stereocenters. The van der Waals surface area contributed by atoms with Crippen molar-refractivity contribution in [1.29, 1.82) is 0 Å². The van der Waals surface area contributed by atoms with Crippen LogP contribution in [0.1, 0.15) is 37.7 Å². The Labute approximate surface area is 143 Å². The molecule has 2 fully saturated rings. The number of carbonyl (C=O) groups is 2. The van der Waals surface area contributed by atoms with Gasteiger partial charge in [-0.1, -0.05) is 0 Å². The molecule has 1 aromatic heterocycles. The zero-order valence-corrected chi connectivity index (χ0v) is 14.6. The van der Waals surface area contributed by atoms with Crippen molar-refractivity contribution in [3.63, 3.8) is 0 Å². The fraction of sp³-hybridized carbons (Fsp3) is 0.667. The number of piperidine rings is 2. The standard InChI is InChI=1S/C18H27N3O3/c1-3-19-18(23)20-10-9-16-14(12-20)5-7-17(22)21(16)11-8-15-6-4-13(2)24-15/h4,6,14,16H,3,5,7-12H2,1-2H3,(H,19,23)/t14-,16+/m0/s1. The molecular weight excluding hydrogens is 306 g/mol. The van der Waals surface area contributed by atoms with Crippen LogP contribution >= 0.6 is 0 Å². The first kappa shape index (κ1) is 16.9. The minimum absolute atomic E-state index is 0.0189. The van der Waals surface area contributed by atoms with Crippen LogP contribution < -0.4 is 5.32 Å². The van der Waals surface area contributed by atoms with Gasteiger partial charge in [-0.2, -0.15) is 0 Å². The second kappa shape index (κ2) is 7.28. The molecule has 6 nitrogen and oxygen atoms in total. The Balaban J connectivity index is 1.61. The summed E-state index contributed by atoms with van der Waals surface area (Å²) in [7, 11) is 0. The van der Waals surface area contributed by atoms with Gasteiger partial charge in [0.2, 0.25) is 5.91 Å². The number of furan rings is 1. The Hall–Kier alpha value is -1.98. The van der Waals surface area contributed by atoms with Crippen LogP contribution in [0, 0.1) is 12.8 Å². The quantitative estimate of drug-likeness (QED) is 0.918. The molecule has 3 rings (SSSR count). The molecular formula is C18H27N3O3. The van der Waals surface area contributed by atoms with E-state index in [1.165, 1.54) is 0 Å². The van der Waals surface area contributed by atoms with Crippen molar-refractivity contribution >= 4 is 11.9 Å². The van der Waals surface area contributed by atoms with Crippen molar-refractivity contribution in [3.05, 3.63) is 23.7 Å². The van der Waals surface area contributed by atoms with E-state index in [2.05, 4.69) is 5.32 Å². The molecule has 2 aliphatic heterocycles. The van der Waals surface area contributed by atoms with E-state index in [1.807, 2.05) is 35.8 Å². The number of amides is 3. The first-order valence-electron chi connectivity index (χ1n) is 8.96. The second-order valence-electron chi connectivity index (χ2n) is 6.79. The van der Waals surface area contributed by atoms with Crippen LogP contribution in [-0.4, -0.2) is 54.0 Å². The van der Waals surface area contributed by atoms with Gasteiger partial charge in [0, 0.05) is 45.1 Å². The number of nitrogens with zero attached hydrogens (tertiary/aromatic N) is 2. The van der Waals surface area contributed by atoms with Crippen LogP contribution in [-0.2, 0) is 11.2 Å². The molecule has 2 aliphatic rings. The lowest BCUT2D eigenvalue weighted by molar-refractivity contribution is -0.140. The topological polar surface area (TPSA) is 65.8 Å². The van der Waals surface area contributed by atoms with Crippen molar-refractivity contribution in [1.82, 2.24) is 15.1 Å². The Kier molecular flexibility index (Phi) is 5.11. The Bertz CT molecular complexity index is 598. The zero-order valence-electron chi connectivity index (χ0n) is 14.6. The van der Waals surface area contributed by atoms with E-state index in [0.717, 1.165) is 43.9 Å². The van der Waals surface area contributed by atoms with E-state index < -0.39 is 0 Å². The molecule has 132 valence electrons.